The minimum absolute atomic E-state index is 0.0518. The zero-order valence-corrected chi connectivity index (χ0v) is 9.84. The fourth-order valence-electron chi connectivity index (χ4n) is 1.59. The van der Waals surface area contributed by atoms with Gasteiger partial charge in [-0.15, -0.1) is 0 Å². The molecule has 0 aliphatic rings. The fourth-order valence-corrected chi connectivity index (χ4v) is 2.42. The number of aryl methyl sites for hydroxylation is 1. The highest BCUT2D eigenvalue weighted by Gasteiger charge is 2.15. The molecule has 1 aromatic carbocycles. The highest BCUT2D eigenvalue weighted by Crippen LogP contribution is 2.21. The third-order valence-electron chi connectivity index (χ3n) is 2.43. The lowest BCUT2D eigenvalue weighted by atomic mass is 10.0. The molecule has 0 radical (unpaired) electrons. The smallest absolute Gasteiger partial charge is 0.282 e. The maximum Gasteiger partial charge on any atom is 0.294 e. The summed E-state index contributed by atoms with van der Waals surface area (Å²) in [6.45, 7) is 3.91. The molecule has 0 saturated heterocycles. The summed E-state index contributed by atoms with van der Waals surface area (Å²) in [6, 6.07) is 4.96. The zero-order chi connectivity index (χ0) is 11.5. The molecule has 0 fully saturated rings. The Kier molecular flexibility index (Phi) is 3.88. The van der Waals surface area contributed by atoms with E-state index in [2.05, 4.69) is 0 Å². The summed E-state index contributed by atoms with van der Waals surface area (Å²) in [5.41, 5.74) is 1.65. The van der Waals surface area contributed by atoms with Crippen LogP contribution in [0.25, 0.3) is 0 Å². The van der Waals surface area contributed by atoms with Crippen molar-refractivity contribution in [2.75, 3.05) is 0 Å². The second-order valence-corrected chi connectivity index (χ2v) is 5.02. The molecule has 1 aromatic rings. The summed E-state index contributed by atoms with van der Waals surface area (Å²) >= 11 is 0. The Labute approximate surface area is 90.9 Å². The molecular formula is C11H16O3S. The molecule has 0 amide bonds. The zero-order valence-electron chi connectivity index (χ0n) is 9.03. The van der Waals surface area contributed by atoms with Crippen molar-refractivity contribution in [3.63, 3.8) is 0 Å². The Hall–Kier alpha value is -0.870. The summed E-state index contributed by atoms with van der Waals surface area (Å²) in [7, 11) is -4.09. The lowest BCUT2D eigenvalue weighted by molar-refractivity contribution is 0.481. The van der Waals surface area contributed by atoms with Crippen LogP contribution in [0.1, 0.15) is 30.9 Å². The predicted molar refractivity (Wildman–Crippen MR) is 59.6 cm³/mol. The van der Waals surface area contributed by atoms with Crippen molar-refractivity contribution >= 4 is 10.1 Å². The van der Waals surface area contributed by atoms with E-state index < -0.39 is 10.1 Å². The maximum atomic E-state index is 11.1. The standard InChI is InChI=1S/C11H16O3S/c1-3-4-7-10-9(2)6-5-8-11(10)15(12,13)14/h5-6,8H,3-4,7H2,1-2H3,(H,12,13,14). The topological polar surface area (TPSA) is 54.4 Å². The number of unbranched alkanes of at least 4 members (excludes halogenated alkanes) is 1. The van der Waals surface area contributed by atoms with E-state index >= 15 is 0 Å². The molecule has 0 unspecified atom stereocenters. The van der Waals surface area contributed by atoms with Crippen molar-refractivity contribution in [1.29, 1.82) is 0 Å². The van der Waals surface area contributed by atoms with Gasteiger partial charge in [0.2, 0.25) is 0 Å². The highest BCUT2D eigenvalue weighted by atomic mass is 32.2. The van der Waals surface area contributed by atoms with Gasteiger partial charge in [0.25, 0.3) is 10.1 Å². The maximum absolute atomic E-state index is 11.1. The average Bonchev–Trinajstić information content (AvgIpc) is 2.14. The molecule has 0 saturated carbocycles. The third-order valence-corrected chi connectivity index (χ3v) is 3.36. The molecule has 0 aliphatic heterocycles. The van der Waals surface area contributed by atoms with Gasteiger partial charge < -0.3 is 0 Å². The van der Waals surface area contributed by atoms with Crippen LogP contribution in [0.3, 0.4) is 0 Å². The van der Waals surface area contributed by atoms with Crippen LogP contribution < -0.4 is 0 Å². The minimum atomic E-state index is -4.09. The molecule has 0 heterocycles. The van der Waals surface area contributed by atoms with Crippen molar-refractivity contribution in [2.45, 2.75) is 38.0 Å². The summed E-state index contributed by atoms with van der Waals surface area (Å²) in [6.07, 6.45) is 2.62. The van der Waals surface area contributed by atoms with Crippen molar-refractivity contribution in [3.05, 3.63) is 29.3 Å². The van der Waals surface area contributed by atoms with E-state index in [1.54, 1.807) is 6.07 Å². The fraction of sp³-hybridized carbons (Fsp3) is 0.455. The molecule has 84 valence electrons. The Balaban J connectivity index is 3.21. The first-order valence-corrected chi connectivity index (χ1v) is 6.46. The van der Waals surface area contributed by atoms with Gasteiger partial charge in [-0.05, 0) is 37.0 Å². The molecule has 1 rings (SSSR count). The SMILES string of the molecule is CCCCc1c(C)cccc1S(=O)(=O)O. The molecule has 1 N–H and O–H groups in total. The molecule has 0 atom stereocenters. The van der Waals surface area contributed by atoms with Gasteiger partial charge in [-0.1, -0.05) is 25.5 Å². The van der Waals surface area contributed by atoms with Crippen LogP contribution in [-0.2, 0) is 16.5 Å². The molecule has 0 spiro atoms. The van der Waals surface area contributed by atoms with Gasteiger partial charge in [-0.3, -0.25) is 4.55 Å². The van der Waals surface area contributed by atoms with Crippen LogP contribution in [0.15, 0.2) is 23.1 Å². The Morgan fingerprint density at radius 3 is 2.53 bits per heavy atom. The molecular weight excluding hydrogens is 212 g/mol. The first-order valence-electron chi connectivity index (χ1n) is 5.02. The molecule has 0 aliphatic carbocycles. The molecule has 15 heavy (non-hydrogen) atoms. The van der Waals surface area contributed by atoms with E-state index in [1.165, 1.54) is 6.07 Å². The molecule has 4 heteroatoms. The van der Waals surface area contributed by atoms with Crippen molar-refractivity contribution in [3.8, 4) is 0 Å². The first-order chi connectivity index (χ1) is 6.96. The quantitative estimate of drug-likeness (QED) is 0.806. The van der Waals surface area contributed by atoms with Crippen LogP contribution >= 0.6 is 0 Å². The predicted octanol–water partition coefficient (Wildman–Crippen LogP) is 2.58. The van der Waals surface area contributed by atoms with E-state index in [1.807, 2.05) is 19.9 Å². The van der Waals surface area contributed by atoms with Crippen LogP contribution in [0.2, 0.25) is 0 Å². The lowest BCUT2D eigenvalue weighted by Crippen LogP contribution is -2.05. The average molecular weight is 228 g/mol. The molecule has 3 nitrogen and oxygen atoms in total. The normalized spacial score (nSPS) is 11.7. The van der Waals surface area contributed by atoms with Crippen LogP contribution in [0, 0.1) is 6.92 Å². The number of rotatable bonds is 4. The summed E-state index contributed by atoms with van der Waals surface area (Å²) < 4.78 is 31.3. The van der Waals surface area contributed by atoms with Crippen LogP contribution in [0.5, 0.6) is 0 Å². The van der Waals surface area contributed by atoms with E-state index in [0.717, 1.165) is 24.0 Å². The Morgan fingerprint density at radius 2 is 2.00 bits per heavy atom. The second-order valence-electron chi connectivity index (χ2n) is 3.63. The Bertz CT molecular complexity index is 435. The van der Waals surface area contributed by atoms with Crippen molar-refractivity contribution in [1.82, 2.24) is 0 Å². The first kappa shape index (κ1) is 12.2. The van der Waals surface area contributed by atoms with E-state index in [-0.39, 0.29) is 4.90 Å². The van der Waals surface area contributed by atoms with Gasteiger partial charge in [-0.25, -0.2) is 0 Å². The van der Waals surface area contributed by atoms with Gasteiger partial charge >= 0.3 is 0 Å². The number of hydrogen-bond donors (Lipinski definition) is 1. The lowest BCUT2D eigenvalue weighted by Gasteiger charge is -2.09. The number of benzene rings is 1. The Morgan fingerprint density at radius 1 is 1.33 bits per heavy atom. The summed E-state index contributed by atoms with van der Waals surface area (Å²) in [5, 5.41) is 0. The third kappa shape index (κ3) is 3.04. The van der Waals surface area contributed by atoms with Crippen molar-refractivity contribution < 1.29 is 13.0 Å². The van der Waals surface area contributed by atoms with E-state index in [9.17, 15) is 8.42 Å². The van der Waals surface area contributed by atoms with Gasteiger partial charge in [0.15, 0.2) is 0 Å². The monoisotopic (exact) mass is 228 g/mol. The van der Waals surface area contributed by atoms with Gasteiger partial charge in [0.05, 0.1) is 4.90 Å². The molecule has 0 aromatic heterocycles. The van der Waals surface area contributed by atoms with Gasteiger partial charge in [-0.2, -0.15) is 8.42 Å². The number of hydrogen-bond acceptors (Lipinski definition) is 2. The summed E-state index contributed by atoms with van der Waals surface area (Å²) in [4.78, 5) is 0.0518. The van der Waals surface area contributed by atoms with Crippen molar-refractivity contribution in [2.24, 2.45) is 0 Å². The molecule has 0 bridgehead atoms. The van der Waals surface area contributed by atoms with Gasteiger partial charge in [0.1, 0.15) is 0 Å². The largest absolute Gasteiger partial charge is 0.294 e. The summed E-state index contributed by atoms with van der Waals surface area (Å²) in [5.74, 6) is 0. The minimum Gasteiger partial charge on any atom is -0.282 e. The van der Waals surface area contributed by atoms with Crippen LogP contribution in [0.4, 0.5) is 0 Å². The second kappa shape index (κ2) is 4.77. The van der Waals surface area contributed by atoms with E-state index in [4.69, 9.17) is 4.55 Å². The highest BCUT2D eigenvalue weighted by molar-refractivity contribution is 7.85. The van der Waals surface area contributed by atoms with Gasteiger partial charge in [0, 0.05) is 0 Å². The van der Waals surface area contributed by atoms with Crippen LogP contribution in [-0.4, -0.2) is 13.0 Å². The van der Waals surface area contributed by atoms with E-state index in [0.29, 0.717) is 6.42 Å².